The Kier molecular flexibility index (Phi) is 7.51. The predicted molar refractivity (Wildman–Crippen MR) is 155 cm³/mol. The van der Waals surface area contributed by atoms with Gasteiger partial charge in [-0.15, -0.1) is 0 Å². The van der Waals surface area contributed by atoms with E-state index in [1.807, 2.05) is 60.7 Å². The predicted octanol–water partition coefficient (Wildman–Crippen LogP) is 4.70. The van der Waals surface area contributed by atoms with Gasteiger partial charge in [-0.25, -0.2) is 14.8 Å². The number of para-hydroxylation sites is 1. The Labute approximate surface area is 227 Å². The number of carbonyl (C=O) groups excluding carboxylic acids is 2. The molecule has 2 N–H and O–H groups in total. The van der Waals surface area contributed by atoms with Crippen LogP contribution in [0.3, 0.4) is 0 Å². The zero-order chi connectivity index (χ0) is 27.4. The smallest absolute Gasteiger partial charge is 0.340 e. The number of amides is 1. The minimum Gasteiger partial charge on any atom is -0.465 e. The lowest BCUT2D eigenvalue weighted by Gasteiger charge is -2.34. The molecule has 4 aromatic rings. The van der Waals surface area contributed by atoms with Crippen LogP contribution in [0.15, 0.2) is 79.5 Å². The van der Waals surface area contributed by atoms with Crippen molar-refractivity contribution in [3.05, 3.63) is 85.1 Å². The van der Waals surface area contributed by atoms with E-state index < -0.39 is 5.97 Å². The van der Waals surface area contributed by atoms with E-state index in [0.29, 0.717) is 22.9 Å². The second-order valence-electron chi connectivity index (χ2n) is 9.35. The Hall–Kier alpha value is -4.76. The summed E-state index contributed by atoms with van der Waals surface area (Å²) in [4.78, 5) is 38.4. The molecule has 1 aromatic heterocycles. The molecule has 0 atom stereocenters. The van der Waals surface area contributed by atoms with Crippen LogP contribution < -0.4 is 15.5 Å². The normalized spacial score (nSPS) is 13.6. The first-order valence-electron chi connectivity index (χ1n) is 12.7. The molecule has 0 bridgehead atoms. The molecule has 0 radical (unpaired) electrons. The molecule has 1 amide bonds. The molecule has 1 saturated heterocycles. The topological polar surface area (TPSA) is 99.7 Å². The summed E-state index contributed by atoms with van der Waals surface area (Å²) < 4.78 is 5.09. The number of ether oxygens (including phenoxy) is 1. The zero-order valence-electron chi connectivity index (χ0n) is 22.0. The maximum Gasteiger partial charge on any atom is 0.340 e. The molecular weight excluding hydrogens is 492 g/mol. The highest BCUT2D eigenvalue weighted by Gasteiger charge is 2.19. The van der Waals surface area contributed by atoms with E-state index in [1.54, 1.807) is 6.20 Å². The number of esters is 1. The third-order valence-corrected chi connectivity index (χ3v) is 6.76. The van der Waals surface area contributed by atoms with Crippen molar-refractivity contribution in [2.75, 3.05) is 55.9 Å². The first-order chi connectivity index (χ1) is 18.9. The lowest BCUT2D eigenvalue weighted by atomic mass is 10.0. The Bertz CT molecular complexity index is 1550. The number of nitrogens with zero attached hydrogens (tertiary/aromatic N) is 4. The van der Waals surface area contributed by atoms with Gasteiger partial charge in [0.1, 0.15) is 0 Å². The molecule has 39 heavy (non-hydrogen) atoms. The number of benzene rings is 3. The molecule has 3 aromatic carbocycles. The third-order valence-electron chi connectivity index (χ3n) is 6.76. The van der Waals surface area contributed by atoms with Crippen molar-refractivity contribution in [1.29, 1.82) is 0 Å². The standard InChI is InChI=1S/C30H30N6O3/c1-4-27(37)32-22-9-5-7-20(17-22)24-10-6-8-21-19-31-30(34-28(21)24)33-26-12-11-23(18-25(26)29(38)39-3)36-15-13-35(2)14-16-36/h4-12,17-19H,1,13-16H2,2-3H3,(H,32,37)(H,31,33,34). The number of fused-ring (bicyclic) bond motifs is 1. The van der Waals surface area contributed by atoms with Gasteiger partial charge in [0, 0.05) is 54.7 Å². The van der Waals surface area contributed by atoms with Gasteiger partial charge in [-0.1, -0.05) is 36.9 Å². The molecular formula is C30H30N6O3. The first kappa shape index (κ1) is 25.9. The van der Waals surface area contributed by atoms with Crippen molar-refractivity contribution in [3.63, 3.8) is 0 Å². The van der Waals surface area contributed by atoms with E-state index in [1.165, 1.54) is 13.2 Å². The zero-order valence-corrected chi connectivity index (χ0v) is 22.0. The van der Waals surface area contributed by atoms with Gasteiger partial charge in [0.15, 0.2) is 0 Å². The van der Waals surface area contributed by atoms with E-state index in [9.17, 15) is 9.59 Å². The number of methoxy groups -OCH3 is 1. The van der Waals surface area contributed by atoms with Crippen LogP contribution in [0.4, 0.5) is 23.0 Å². The van der Waals surface area contributed by atoms with E-state index in [4.69, 9.17) is 9.72 Å². The fourth-order valence-electron chi connectivity index (χ4n) is 4.61. The van der Waals surface area contributed by atoms with Gasteiger partial charge in [0.25, 0.3) is 0 Å². The number of nitrogens with one attached hydrogen (secondary N) is 2. The van der Waals surface area contributed by atoms with Gasteiger partial charge in [0.05, 0.1) is 23.9 Å². The van der Waals surface area contributed by atoms with Gasteiger partial charge in [0.2, 0.25) is 11.9 Å². The van der Waals surface area contributed by atoms with Gasteiger partial charge >= 0.3 is 5.97 Å². The second-order valence-corrected chi connectivity index (χ2v) is 9.35. The summed E-state index contributed by atoms with van der Waals surface area (Å²) in [6.07, 6.45) is 2.98. The van der Waals surface area contributed by atoms with Crippen LogP contribution in [0.2, 0.25) is 0 Å². The fourth-order valence-corrected chi connectivity index (χ4v) is 4.61. The highest BCUT2D eigenvalue weighted by Crippen LogP contribution is 2.31. The molecule has 1 aliphatic rings. The van der Waals surface area contributed by atoms with Crippen LogP contribution in [-0.2, 0) is 9.53 Å². The van der Waals surface area contributed by atoms with E-state index in [0.717, 1.165) is 53.9 Å². The Balaban J connectivity index is 1.48. The molecule has 9 heteroatoms. The van der Waals surface area contributed by atoms with E-state index in [-0.39, 0.29) is 5.91 Å². The molecule has 0 saturated carbocycles. The fraction of sp³-hybridized carbons (Fsp3) is 0.200. The van der Waals surface area contributed by atoms with Crippen LogP contribution in [0.1, 0.15) is 10.4 Å². The number of anilines is 4. The van der Waals surface area contributed by atoms with Crippen molar-refractivity contribution in [2.45, 2.75) is 0 Å². The molecule has 198 valence electrons. The lowest BCUT2D eigenvalue weighted by Crippen LogP contribution is -2.44. The van der Waals surface area contributed by atoms with Crippen LogP contribution in [-0.4, -0.2) is 67.1 Å². The quantitative estimate of drug-likeness (QED) is 0.266. The van der Waals surface area contributed by atoms with Crippen LogP contribution in [0, 0.1) is 0 Å². The minimum atomic E-state index is -0.437. The van der Waals surface area contributed by atoms with Crippen LogP contribution >= 0.6 is 0 Å². The van der Waals surface area contributed by atoms with Crippen LogP contribution in [0.5, 0.6) is 0 Å². The number of carbonyl (C=O) groups is 2. The molecule has 2 heterocycles. The summed E-state index contributed by atoms with van der Waals surface area (Å²) in [5.41, 5.74) is 5.10. The average molecular weight is 523 g/mol. The lowest BCUT2D eigenvalue weighted by molar-refractivity contribution is -0.111. The van der Waals surface area contributed by atoms with Crippen molar-refractivity contribution in [2.24, 2.45) is 0 Å². The molecule has 0 spiro atoms. The molecule has 0 unspecified atom stereocenters. The molecule has 1 fully saturated rings. The summed E-state index contributed by atoms with van der Waals surface area (Å²) in [5.74, 6) is -0.365. The molecule has 0 aliphatic carbocycles. The van der Waals surface area contributed by atoms with Crippen molar-refractivity contribution in [3.8, 4) is 11.1 Å². The summed E-state index contributed by atoms with van der Waals surface area (Å²) in [6, 6.07) is 19.1. The third kappa shape index (κ3) is 5.73. The molecule has 9 nitrogen and oxygen atoms in total. The van der Waals surface area contributed by atoms with Crippen molar-refractivity contribution < 1.29 is 14.3 Å². The monoisotopic (exact) mass is 522 g/mol. The number of likely N-dealkylation sites (N-methyl/N-ethyl adjacent to an activating group) is 1. The number of hydrogen-bond donors (Lipinski definition) is 2. The molecule has 1 aliphatic heterocycles. The molecule has 5 rings (SSSR count). The van der Waals surface area contributed by atoms with Gasteiger partial charge < -0.3 is 25.2 Å². The van der Waals surface area contributed by atoms with Crippen molar-refractivity contribution >= 4 is 45.8 Å². The number of rotatable bonds is 7. The van der Waals surface area contributed by atoms with Crippen LogP contribution in [0.25, 0.3) is 22.0 Å². The number of piperazine rings is 1. The number of hydrogen-bond acceptors (Lipinski definition) is 8. The number of aromatic nitrogens is 2. The summed E-state index contributed by atoms with van der Waals surface area (Å²) in [6.45, 7) is 7.21. The summed E-state index contributed by atoms with van der Waals surface area (Å²) in [5, 5.41) is 6.88. The maximum atomic E-state index is 12.7. The minimum absolute atomic E-state index is 0.279. The average Bonchev–Trinajstić information content (AvgIpc) is 2.97. The highest BCUT2D eigenvalue weighted by atomic mass is 16.5. The maximum absolute atomic E-state index is 12.7. The first-order valence-corrected chi connectivity index (χ1v) is 12.7. The highest BCUT2D eigenvalue weighted by molar-refractivity contribution is 6.00. The van der Waals surface area contributed by atoms with Gasteiger partial charge in [-0.05, 0) is 49.0 Å². The Morgan fingerprint density at radius 2 is 1.82 bits per heavy atom. The summed E-state index contributed by atoms with van der Waals surface area (Å²) >= 11 is 0. The second kappa shape index (κ2) is 11.3. The van der Waals surface area contributed by atoms with E-state index >= 15 is 0 Å². The van der Waals surface area contributed by atoms with Crippen molar-refractivity contribution in [1.82, 2.24) is 14.9 Å². The van der Waals surface area contributed by atoms with Gasteiger partial charge in [-0.2, -0.15) is 0 Å². The van der Waals surface area contributed by atoms with E-state index in [2.05, 4.69) is 39.0 Å². The Morgan fingerprint density at radius 1 is 1.03 bits per heavy atom. The van der Waals surface area contributed by atoms with Gasteiger partial charge in [-0.3, -0.25) is 4.79 Å². The largest absolute Gasteiger partial charge is 0.465 e. The Morgan fingerprint density at radius 3 is 2.59 bits per heavy atom. The summed E-state index contributed by atoms with van der Waals surface area (Å²) in [7, 11) is 3.48. The SMILES string of the molecule is C=CC(=O)Nc1cccc(-c2cccc3cnc(Nc4ccc(N5CCN(C)CC5)cc4C(=O)OC)nc23)c1.